The fraction of sp³-hybridized carbons (Fsp3) is 0.0500. The van der Waals surface area contributed by atoms with E-state index in [1.54, 1.807) is 18.2 Å². The van der Waals surface area contributed by atoms with E-state index in [4.69, 9.17) is 9.15 Å². The van der Waals surface area contributed by atoms with Crippen molar-refractivity contribution >= 4 is 23.7 Å². The first-order valence-electron chi connectivity index (χ1n) is 8.08. The molecule has 0 aliphatic rings. The summed E-state index contributed by atoms with van der Waals surface area (Å²) >= 11 is 0. The number of carbonyl (C=O) groups excluding carboxylic acids is 3. The lowest BCUT2D eigenvalue weighted by molar-refractivity contribution is -0.384. The number of carbonyl (C=O) groups is 3. The van der Waals surface area contributed by atoms with Crippen LogP contribution < -0.4 is 0 Å². The Labute approximate surface area is 158 Å². The maximum absolute atomic E-state index is 12.2. The van der Waals surface area contributed by atoms with Crippen LogP contribution in [0.5, 0.6) is 0 Å². The van der Waals surface area contributed by atoms with Gasteiger partial charge in [0.2, 0.25) is 5.78 Å². The highest BCUT2D eigenvalue weighted by atomic mass is 16.6. The predicted octanol–water partition coefficient (Wildman–Crippen LogP) is 3.71. The molecule has 0 aliphatic carbocycles. The van der Waals surface area contributed by atoms with Gasteiger partial charge in [-0.05, 0) is 24.3 Å². The van der Waals surface area contributed by atoms with Gasteiger partial charge in [-0.25, -0.2) is 4.79 Å². The Hall–Kier alpha value is -4.07. The molecule has 0 bridgehead atoms. The molecular weight excluding hydrogens is 366 g/mol. The zero-order chi connectivity index (χ0) is 20.1. The maximum Gasteiger partial charge on any atom is 0.338 e. The predicted molar refractivity (Wildman–Crippen MR) is 97.2 cm³/mol. The number of ketones is 1. The average molecular weight is 379 g/mol. The molecule has 28 heavy (non-hydrogen) atoms. The van der Waals surface area contributed by atoms with Crippen molar-refractivity contribution < 1.29 is 28.5 Å². The summed E-state index contributed by atoms with van der Waals surface area (Å²) in [5, 5.41) is 10.8. The molecule has 0 radical (unpaired) electrons. The summed E-state index contributed by atoms with van der Waals surface area (Å²) in [5.74, 6) is -0.729. The van der Waals surface area contributed by atoms with Crippen LogP contribution in [0.2, 0.25) is 0 Å². The zero-order valence-electron chi connectivity index (χ0n) is 14.4. The van der Waals surface area contributed by atoms with Gasteiger partial charge in [0.25, 0.3) is 5.69 Å². The van der Waals surface area contributed by atoms with Crippen LogP contribution in [-0.4, -0.2) is 29.6 Å². The van der Waals surface area contributed by atoms with E-state index in [1.165, 1.54) is 36.4 Å². The number of benzene rings is 2. The molecule has 0 saturated carbocycles. The van der Waals surface area contributed by atoms with Crippen molar-refractivity contribution in [3.8, 4) is 11.3 Å². The van der Waals surface area contributed by atoms with E-state index in [2.05, 4.69) is 0 Å². The fourth-order valence-corrected chi connectivity index (χ4v) is 2.46. The molecule has 0 aliphatic heterocycles. The number of esters is 1. The average Bonchev–Trinajstić information content (AvgIpc) is 3.21. The number of furan rings is 1. The molecule has 3 aromatic rings. The third-order valence-electron chi connectivity index (χ3n) is 3.84. The van der Waals surface area contributed by atoms with E-state index >= 15 is 0 Å². The van der Waals surface area contributed by atoms with Gasteiger partial charge in [-0.2, -0.15) is 0 Å². The zero-order valence-corrected chi connectivity index (χ0v) is 14.4. The molecule has 0 unspecified atom stereocenters. The summed E-state index contributed by atoms with van der Waals surface area (Å²) in [6.45, 7) is -0.555. The molecule has 0 amide bonds. The molecular formula is C20H13NO7. The maximum atomic E-state index is 12.2. The second-order valence-electron chi connectivity index (χ2n) is 5.71. The number of non-ortho nitro benzene ring substituents is 1. The Bertz CT molecular complexity index is 1070. The van der Waals surface area contributed by atoms with Gasteiger partial charge in [-0.3, -0.25) is 19.7 Å². The van der Waals surface area contributed by atoms with Crippen molar-refractivity contribution in [2.75, 3.05) is 6.61 Å². The van der Waals surface area contributed by atoms with Crippen molar-refractivity contribution in [1.82, 2.24) is 0 Å². The highest BCUT2D eigenvalue weighted by molar-refractivity contribution is 6.00. The molecule has 0 spiro atoms. The summed E-state index contributed by atoms with van der Waals surface area (Å²) in [5.41, 5.74) is 0.603. The van der Waals surface area contributed by atoms with Crippen LogP contribution in [0.3, 0.4) is 0 Å². The molecule has 1 aromatic heterocycles. The Morgan fingerprint density at radius 3 is 2.50 bits per heavy atom. The minimum Gasteiger partial charge on any atom is -0.454 e. The van der Waals surface area contributed by atoms with E-state index in [9.17, 15) is 24.5 Å². The summed E-state index contributed by atoms with van der Waals surface area (Å²) in [7, 11) is 0. The monoisotopic (exact) mass is 379 g/mol. The lowest BCUT2D eigenvalue weighted by Crippen LogP contribution is -2.14. The number of ether oxygens (including phenoxy) is 1. The normalized spacial score (nSPS) is 10.3. The topological polar surface area (TPSA) is 117 Å². The number of nitrogens with zero attached hydrogens (tertiary/aromatic N) is 1. The summed E-state index contributed by atoms with van der Waals surface area (Å²) in [6.07, 6.45) is 0.571. The van der Waals surface area contributed by atoms with Crippen LogP contribution in [0, 0.1) is 10.1 Å². The summed E-state index contributed by atoms with van der Waals surface area (Å²) in [4.78, 5) is 45.2. The van der Waals surface area contributed by atoms with Gasteiger partial charge in [0, 0.05) is 23.3 Å². The second kappa shape index (κ2) is 8.09. The van der Waals surface area contributed by atoms with Gasteiger partial charge in [-0.1, -0.05) is 24.3 Å². The first kappa shape index (κ1) is 18.7. The molecule has 1 heterocycles. The van der Waals surface area contributed by atoms with Crippen molar-refractivity contribution in [1.29, 1.82) is 0 Å². The first-order chi connectivity index (χ1) is 13.5. The standard InChI is InChI=1S/C20H13NO7/c22-11-17-7-8-19(28-17)14-4-1-5-15(9-14)20(24)27-12-18(23)13-3-2-6-16(10-13)21(25)26/h1-11H,12H2. The summed E-state index contributed by atoms with van der Waals surface area (Å²) in [6, 6.07) is 14.6. The molecule has 8 nitrogen and oxygen atoms in total. The van der Waals surface area contributed by atoms with Crippen LogP contribution in [-0.2, 0) is 4.74 Å². The van der Waals surface area contributed by atoms with Gasteiger partial charge < -0.3 is 9.15 Å². The van der Waals surface area contributed by atoms with Crippen molar-refractivity contribution in [3.63, 3.8) is 0 Å². The van der Waals surface area contributed by atoms with E-state index in [1.807, 2.05) is 0 Å². The largest absolute Gasteiger partial charge is 0.454 e. The number of hydrogen-bond donors (Lipinski definition) is 0. The number of aldehydes is 1. The second-order valence-corrected chi connectivity index (χ2v) is 5.71. The van der Waals surface area contributed by atoms with Gasteiger partial charge >= 0.3 is 5.97 Å². The third-order valence-corrected chi connectivity index (χ3v) is 3.84. The smallest absolute Gasteiger partial charge is 0.338 e. The molecule has 0 saturated heterocycles. The molecule has 3 rings (SSSR count). The minimum atomic E-state index is -0.734. The van der Waals surface area contributed by atoms with Crippen molar-refractivity contribution in [2.24, 2.45) is 0 Å². The van der Waals surface area contributed by atoms with Crippen molar-refractivity contribution in [2.45, 2.75) is 0 Å². The lowest BCUT2D eigenvalue weighted by atomic mass is 10.1. The lowest BCUT2D eigenvalue weighted by Gasteiger charge is -2.06. The van der Waals surface area contributed by atoms with Crippen LogP contribution in [0.1, 0.15) is 31.3 Å². The molecule has 0 N–H and O–H groups in total. The fourth-order valence-electron chi connectivity index (χ4n) is 2.46. The Kier molecular flexibility index (Phi) is 5.40. The number of Topliss-reactive ketones (excluding diaryl/α,β-unsaturated/α-hetero) is 1. The highest BCUT2D eigenvalue weighted by Gasteiger charge is 2.15. The number of rotatable bonds is 7. The number of hydrogen-bond acceptors (Lipinski definition) is 7. The van der Waals surface area contributed by atoms with Crippen LogP contribution in [0.15, 0.2) is 65.1 Å². The van der Waals surface area contributed by atoms with E-state index in [-0.39, 0.29) is 22.6 Å². The number of nitro benzene ring substituents is 1. The Balaban J connectivity index is 1.69. The van der Waals surface area contributed by atoms with Gasteiger partial charge in [0.15, 0.2) is 18.7 Å². The molecule has 0 atom stereocenters. The molecule has 140 valence electrons. The third kappa shape index (κ3) is 4.18. The van der Waals surface area contributed by atoms with E-state index < -0.39 is 23.3 Å². The Morgan fingerprint density at radius 1 is 1.04 bits per heavy atom. The molecule has 2 aromatic carbocycles. The van der Waals surface area contributed by atoms with Crippen LogP contribution in [0.25, 0.3) is 11.3 Å². The SMILES string of the molecule is O=Cc1ccc(-c2cccc(C(=O)OCC(=O)c3cccc([N+](=O)[O-])c3)c2)o1. The molecule has 8 heteroatoms. The van der Waals surface area contributed by atoms with E-state index in [0.717, 1.165) is 6.07 Å². The first-order valence-corrected chi connectivity index (χ1v) is 8.08. The van der Waals surface area contributed by atoms with Gasteiger partial charge in [0.05, 0.1) is 10.5 Å². The van der Waals surface area contributed by atoms with Gasteiger partial charge in [0.1, 0.15) is 5.76 Å². The quantitative estimate of drug-likeness (QED) is 0.202. The van der Waals surface area contributed by atoms with Crippen molar-refractivity contribution in [3.05, 3.63) is 87.7 Å². The van der Waals surface area contributed by atoms with Gasteiger partial charge in [-0.15, -0.1) is 0 Å². The molecule has 0 fully saturated rings. The van der Waals surface area contributed by atoms with E-state index in [0.29, 0.717) is 17.6 Å². The summed E-state index contributed by atoms with van der Waals surface area (Å²) < 4.78 is 10.3. The van der Waals surface area contributed by atoms with Crippen LogP contribution in [0.4, 0.5) is 5.69 Å². The Morgan fingerprint density at radius 2 is 1.79 bits per heavy atom. The number of nitro groups is 1. The highest BCUT2D eigenvalue weighted by Crippen LogP contribution is 2.23. The minimum absolute atomic E-state index is 0.0766. The van der Waals surface area contributed by atoms with Crippen LogP contribution >= 0.6 is 0 Å².